The smallest absolute Gasteiger partial charge is 0.341 e. The van der Waals surface area contributed by atoms with E-state index >= 15 is 0 Å². The number of benzene rings is 1. The highest BCUT2D eigenvalue weighted by Gasteiger charge is 2.23. The molecule has 0 aliphatic heterocycles. The molecular weight excluding hydrogens is 304 g/mol. The number of rotatable bonds is 10. The van der Waals surface area contributed by atoms with E-state index in [-0.39, 0.29) is 12.0 Å². The zero-order valence-corrected chi connectivity index (χ0v) is 15.7. The molecule has 1 rings (SSSR count). The third-order valence-corrected chi connectivity index (χ3v) is 4.12. The predicted molar refractivity (Wildman–Crippen MR) is 98.5 cm³/mol. The van der Waals surface area contributed by atoms with Crippen LogP contribution in [0.5, 0.6) is 5.75 Å². The molecule has 0 saturated heterocycles. The van der Waals surface area contributed by atoms with E-state index in [4.69, 9.17) is 15.2 Å². The van der Waals surface area contributed by atoms with E-state index in [2.05, 4.69) is 32.6 Å². The lowest BCUT2D eigenvalue weighted by molar-refractivity contribution is 0.0287. The van der Waals surface area contributed by atoms with Crippen molar-refractivity contribution in [1.29, 1.82) is 0 Å². The predicted octanol–water partition coefficient (Wildman–Crippen LogP) is 3.58. The van der Waals surface area contributed by atoms with Gasteiger partial charge in [0.2, 0.25) is 0 Å². The van der Waals surface area contributed by atoms with Crippen molar-refractivity contribution >= 4 is 11.7 Å². The highest BCUT2D eigenvalue weighted by molar-refractivity contribution is 5.93. The molecule has 0 aliphatic carbocycles. The molecule has 1 aromatic rings. The van der Waals surface area contributed by atoms with E-state index in [1.54, 1.807) is 18.2 Å². The first-order valence-corrected chi connectivity index (χ1v) is 8.87. The average Bonchev–Trinajstić information content (AvgIpc) is 2.56. The molecule has 0 heterocycles. The second-order valence-electron chi connectivity index (χ2n) is 6.24. The lowest BCUT2D eigenvalue weighted by Gasteiger charge is -2.32. The summed E-state index contributed by atoms with van der Waals surface area (Å²) in [4.78, 5) is 14.8. The summed E-state index contributed by atoms with van der Waals surface area (Å²) < 4.78 is 11.2. The molecule has 0 amide bonds. The number of hydrogen-bond donors (Lipinski definition) is 1. The summed E-state index contributed by atoms with van der Waals surface area (Å²) in [6.07, 6.45) is 0.862. The van der Waals surface area contributed by atoms with Crippen molar-refractivity contribution < 1.29 is 14.3 Å². The fraction of sp³-hybridized carbons (Fsp3) is 0.632. The zero-order valence-electron chi connectivity index (χ0n) is 15.7. The first-order chi connectivity index (χ1) is 11.4. The van der Waals surface area contributed by atoms with Gasteiger partial charge in [0.25, 0.3) is 0 Å². The molecule has 0 bridgehead atoms. The minimum Gasteiger partial charge on any atom is -0.493 e. The summed E-state index contributed by atoms with van der Waals surface area (Å²) in [5.74, 6) is 0.532. The van der Waals surface area contributed by atoms with Gasteiger partial charge in [-0.2, -0.15) is 0 Å². The van der Waals surface area contributed by atoms with E-state index in [1.807, 2.05) is 6.92 Å². The molecule has 0 spiro atoms. The van der Waals surface area contributed by atoms with Crippen molar-refractivity contribution in [3.8, 4) is 5.75 Å². The summed E-state index contributed by atoms with van der Waals surface area (Å²) in [7, 11) is 0. The summed E-state index contributed by atoms with van der Waals surface area (Å²) in [6.45, 7) is 13.3. The van der Waals surface area contributed by atoms with Gasteiger partial charge in [0.1, 0.15) is 17.9 Å². The molecule has 2 N–H and O–H groups in total. The number of carbonyl (C=O) groups is 1. The standard InChI is InChI=1S/C19H32N2O3/c1-6-11-23-18-12-15(20)9-10-16(18)19(22)24-13-17(14(4)5)21(7-2)8-3/h9-10,12,14,17H,6-8,11,13,20H2,1-5H3/t17-/m1/s1. The van der Waals surface area contributed by atoms with Crippen molar-refractivity contribution in [2.75, 3.05) is 32.0 Å². The molecular formula is C19H32N2O3. The van der Waals surface area contributed by atoms with Crippen LogP contribution < -0.4 is 10.5 Å². The van der Waals surface area contributed by atoms with Crippen LogP contribution in [0.4, 0.5) is 5.69 Å². The highest BCUT2D eigenvalue weighted by atomic mass is 16.5. The van der Waals surface area contributed by atoms with Crippen LogP contribution in [0.2, 0.25) is 0 Å². The molecule has 0 aromatic heterocycles. The van der Waals surface area contributed by atoms with Crippen molar-refractivity contribution in [1.82, 2.24) is 4.90 Å². The lowest BCUT2D eigenvalue weighted by Crippen LogP contribution is -2.42. The van der Waals surface area contributed by atoms with Crippen LogP contribution in [0.3, 0.4) is 0 Å². The normalized spacial score (nSPS) is 12.5. The molecule has 136 valence electrons. The molecule has 0 saturated carbocycles. The maximum Gasteiger partial charge on any atom is 0.341 e. The number of nitrogens with two attached hydrogens (primary N) is 1. The van der Waals surface area contributed by atoms with Gasteiger partial charge in [-0.15, -0.1) is 0 Å². The Morgan fingerprint density at radius 3 is 2.42 bits per heavy atom. The van der Waals surface area contributed by atoms with Crippen LogP contribution in [-0.2, 0) is 4.74 Å². The summed E-state index contributed by atoms with van der Waals surface area (Å²) in [5, 5.41) is 0. The van der Waals surface area contributed by atoms with Gasteiger partial charge in [-0.3, -0.25) is 4.90 Å². The number of nitrogen functional groups attached to an aromatic ring is 1. The zero-order chi connectivity index (χ0) is 18.1. The van der Waals surface area contributed by atoms with Crippen LogP contribution in [0.1, 0.15) is 51.4 Å². The molecule has 5 heteroatoms. The molecule has 5 nitrogen and oxygen atoms in total. The second-order valence-corrected chi connectivity index (χ2v) is 6.24. The maximum absolute atomic E-state index is 12.5. The Morgan fingerprint density at radius 1 is 1.21 bits per heavy atom. The van der Waals surface area contributed by atoms with Gasteiger partial charge in [0.15, 0.2) is 0 Å². The number of hydrogen-bond acceptors (Lipinski definition) is 5. The fourth-order valence-electron chi connectivity index (χ4n) is 2.69. The van der Waals surface area contributed by atoms with Crippen LogP contribution in [0, 0.1) is 5.92 Å². The van der Waals surface area contributed by atoms with Gasteiger partial charge >= 0.3 is 5.97 Å². The quantitative estimate of drug-likeness (QED) is 0.522. The van der Waals surface area contributed by atoms with Crippen molar-refractivity contribution in [2.24, 2.45) is 5.92 Å². The Bertz CT molecular complexity index is 513. The van der Waals surface area contributed by atoms with Gasteiger partial charge in [-0.25, -0.2) is 4.79 Å². The highest BCUT2D eigenvalue weighted by Crippen LogP contribution is 2.23. The van der Waals surface area contributed by atoms with Crippen LogP contribution >= 0.6 is 0 Å². The van der Waals surface area contributed by atoms with Gasteiger partial charge < -0.3 is 15.2 Å². The molecule has 0 unspecified atom stereocenters. The number of nitrogens with zero attached hydrogens (tertiary/aromatic N) is 1. The molecule has 24 heavy (non-hydrogen) atoms. The number of carbonyl (C=O) groups excluding carboxylic acids is 1. The van der Waals surface area contributed by atoms with E-state index in [0.29, 0.717) is 36.1 Å². The first kappa shape index (κ1) is 20.3. The van der Waals surface area contributed by atoms with Gasteiger partial charge in [0, 0.05) is 17.8 Å². The number of ether oxygens (including phenoxy) is 2. The minimum atomic E-state index is -0.362. The Kier molecular flexibility index (Phi) is 8.61. The summed E-state index contributed by atoms with van der Waals surface area (Å²) >= 11 is 0. The maximum atomic E-state index is 12.5. The molecule has 1 aromatic carbocycles. The van der Waals surface area contributed by atoms with Crippen molar-refractivity contribution in [3.05, 3.63) is 23.8 Å². The van der Waals surface area contributed by atoms with Crippen LogP contribution in [0.15, 0.2) is 18.2 Å². The minimum absolute atomic E-state index is 0.206. The summed E-state index contributed by atoms with van der Waals surface area (Å²) in [5.41, 5.74) is 6.80. The van der Waals surface area contributed by atoms with E-state index in [1.165, 1.54) is 0 Å². The number of anilines is 1. The van der Waals surface area contributed by atoms with Crippen LogP contribution in [0.25, 0.3) is 0 Å². The molecule has 1 atom stereocenters. The summed E-state index contributed by atoms with van der Waals surface area (Å²) in [6, 6.07) is 5.25. The second kappa shape index (κ2) is 10.2. The lowest BCUT2D eigenvalue weighted by atomic mass is 10.0. The van der Waals surface area contributed by atoms with Crippen LogP contribution in [-0.4, -0.2) is 43.2 Å². The SMILES string of the molecule is CCCOc1cc(N)ccc1C(=O)OC[C@H](C(C)C)N(CC)CC. The van der Waals surface area contributed by atoms with Gasteiger partial charge in [-0.05, 0) is 37.6 Å². The first-order valence-electron chi connectivity index (χ1n) is 8.87. The Hall–Kier alpha value is -1.75. The number of likely N-dealkylation sites (N-methyl/N-ethyl adjacent to an activating group) is 1. The molecule has 0 fully saturated rings. The van der Waals surface area contributed by atoms with E-state index < -0.39 is 0 Å². The van der Waals surface area contributed by atoms with E-state index in [0.717, 1.165) is 19.5 Å². The third kappa shape index (κ3) is 5.71. The monoisotopic (exact) mass is 336 g/mol. The number of esters is 1. The van der Waals surface area contributed by atoms with E-state index in [9.17, 15) is 4.79 Å². The Morgan fingerprint density at radius 2 is 1.88 bits per heavy atom. The Balaban J connectivity index is 2.83. The van der Waals surface area contributed by atoms with Crippen molar-refractivity contribution in [3.63, 3.8) is 0 Å². The fourth-order valence-corrected chi connectivity index (χ4v) is 2.69. The van der Waals surface area contributed by atoms with Crippen molar-refractivity contribution in [2.45, 2.75) is 47.1 Å². The average molecular weight is 336 g/mol. The topological polar surface area (TPSA) is 64.8 Å². The molecule has 0 aliphatic rings. The molecule has 0 radical (unpaired) electrons. The third-order valence-electron chi connectivity index (χ3n) is 4.12. The van der Waals surface area contributed by atoms with Gasteiger partial charge in [0.05, 0.1) is 6.61 Å². The largest absolute Gasteiger partial charge is 0.493 e. The van der Waals surface area contributed by atoms with Gasteiger partial charge in [-0.1, -0.05) is 34.6 Å². The Labute approximate surface area is 146 Å².